The maximum Gasteiger partial charge on any atom is 0.274 e. The number of benzene rings is 1. The normalized spacial score (nSPS) is 17.0. The van der Waals surface area contributed by atoms with Gasteiger partial charge in [-0.3, -0.25) is 0 Å². The number of ether oxygens (including phenoxy) is 1. The lowest BCUT2D eigenvalue weighted by Gasteiger charge is -2.22. The molecule has 1 aliphatic carbocycles. The summed E-state index contributed by atoms with van der Waals surface area (Å²) in [7, 11) is -3.84. The van der Waals surface area contributed by atoms with Crippen molar-refractivity contribution in [1.29, 1.82) is 0 Å². The Bertz CT molecular complexity index is 600. The molecule has 0 saturated heterocycles. The number of rotatable bonds is 7. The van der Waals surface area contributed by atoms with Crippen LogP contribution < -0.4 is 14.6 Å². The van der Waals surface area contributed by atoms with Gasteiger partial charge in [-0.25, -0.2) is 9.53 Å². The monoisotopic (exact) mass is 316 g/mol. The van der Waals surface area contributed by atoms with E-state index in [-0.39, 0.29) is 11.7 Å². The number of nitrogens with two attached hydrogens (primary N) is 1. The summed E-state index contributed by atoms with van der Waals surface area (Å²) in [6.45, 7) is 4.21. The molecule has 1 fully saturated rings. The minimum atomic E-state index is -3.84. The third kappa shape index (κ3) is 4.94. The van der Waals surface area contributed by atoms with E-state index in [2.05, 4.69) is 4.72 Å². The van der Waals surface area contributed by atoms with Crippen molar-refractivity contribution in [1.82, 2.24) is 4.72 Å². The molecule has 3 N–H and O–H groups in total. The molecular formula is C14H21FN2O3S. The molecule has 0 spiro atoms. The van der Waals surface area contributed by atoms with Crippen LogP contribution in [-0.2, 0) is 10.2 Å². The van der Waals surface area contributed by atoms with Crippen molar-refractivity contribution >= 4 is 10.2 Å². The molecule has 1 aromatic carbocycles. The molecule has 1 unspecified atom stereocenters. The molecule has 0 amide bonds. The second-order valence-electron chi connectivity index (χ2n) is 5.83. The Morgan fingerprint density at radius 1 is 1.43 bits per heavy atom. The molecule has 0 heterocycles. The van der Waals surface area contributed by atoms with Crippen molar-refractivity contribution < 1.29 is 17.5 Å². The van der Waals surface area contributed by atoms with Gasteiger partial charge in [0.1, 0.15) is 0 Å². The first kappa shape index (κ1) is 16.2. The number of halogens is 1. The van der Waals surface area contributed by atoms with E-state index >= 15 is 0 Å². The second-order valence-corrected chi connectivity index (χ2v) is 7.15. The first-order chi connectivity index (χ1) is 9.76. The standard InChI is InChI=1S/C14H21FN2O3S/c1-9(2)14(17-21(16,18)19)11-5-6-12(15)13(7-11)20-8-10-3-4-10/h5-7,9-10,14,17H,3-4,8H2,1-2H3,(H2,16,18,19). The van der Waals surface area contributed by atoms with Gasteiger partial charge < -0.3 is 4.74 Å². The Kier molecular flexibility index (Phi) is 4.85. The summed E-state index contributed by atoms with van der Waals surface area (Å²) in [5, 5.41) is 5.04. The Labute approximate surface area is 124 Å². The summed E-state index contributed by atoms with van der Waals surface area (Å²) in [5.41, 5.74) is 0.631. The first-order valence-corrected chi connectivity index (χ1v) is 8.53. The molecule has 1 aromatic rings. The number of nitrogens with one attached hydrogen (secondary N) is 1. The summed E-state index contributed by atoms with van der Waals surface area (Å²) in [5.74, 6) is 0.181. The van der Waals surface area contributed by atoms with Gasteiger partial charge in [-0.1, -0.05) is 19.9 Å². The van der Waals surface area contributed by atoms with E-state index in [9.17, 15) is 12.8 Å². The van der Waals surface area contributed by atoms with Crippen LogP contribution in [0, 0.1) is 17.7 Å². The van der Waals surface area contributed by atoms with Crippen LogP contribution >= 0.6 is 0 Å². The highest BCUT2D eigenvalue weighted by molar-refractivity contribution is 7.87. The summed E-state index contributed by atoms with van der Waals surface area (Å²) in [6.07, 6.45) is 2.23. The van der Waals surface area contributed by atoms with Gasteiger partial charge in [-0.15, -0.1) is 0 Å². The summed E-state index contributed by atoms with van der Waals surface area (Å²) >= 11 is 0. The molecule has 7 heteroatoms. The summed E-state index contributed by atoms with van der Waals surface area (Å²) in [6, 6.07) is 3.85. The fourth-order valence-electron chi connectivity index (χ4n) is 2.08. The molecule has 21 heavy (non-hydrogen) atoms. The van der Waals surface area contributed by atoms with E-state index in [0.717, 1.165) is 12.8 Å². The van der Waals surface area contributed by atoms with Gasteiger partial charge in [0, 0.05) is 0 Å². The molecule has 0 bridgehead atoms. The maximum absolute atomic E-state index is 13.8. The predicted molar refractivity (Wildman–Crippen MR) is 78.4 cm³/mol. The van der Waals surface area contributed by atoms with Crippen LogP contribution in [0.3, 0.4) is 0 Å². The van der Waals surface area contributed by atoms with Crippen LogP contribution in [0.2, 0.25) is 0 Å². The fourth-order valence-corrected chi connectivity index (χ4v) is 2.84. The molecule has 0 radical (unpaired) electrons. The van der Waals surface area contributed by atoms with Crippen LogP contribution in [0.15, 0.2) is 18.2 Å². The van der Waals surface area contributed by atoms with E-state index in [1.165, 1.54) is 6.07 Å². The average molecular weight is 316 g/mol. The zero-order valence-corrected chi connectivity index (χ0v) is 13.0. The van der Waals surface area contributed by atoms with E-state index in [1.54, 1.807) is 12.1 Å². The molecule has 1 saturated carbocycles. The Hall–Kier alpha value is -1.18. The van der Waals surface area contributed by atoms with Crippen molar-refractivity contribution in [2.75, 3.05) is 6.61 Å². The zero-order chi connectivity index (χ0) is 15.6. The quantitative estimate of drug-likeness (QED) is 0.808. The van der Waals surface area contributed by atoms with E-state index in [0.29, 0.717) is 18.1 Å². The number of hydrogen-bond acceptors (Lipinski definition) is 3. The minimum absolute atomic E-state index is 0.0370. The van der Waals surface area contributed by atoms with Crippen molar-refractivity contribution in [2.24, 2.45) is 17.0 Å². The minimum Gasteiger partial charge on any atom is -0.490 e. The van der Waals surface area contributed by atoms with Crippen LogP contribution in [0.4, 0.5) is 4.39 Å². The maximum atomic E-state index is 13.8. The van der Waals surface area contributed by atoms with Crippen molar-refractivity contribution in [3.05, 3.63) is 29.6 Å². The smallest absolute Gasteiger partial charge is 0.274 e. The lowest BCUT2D eigenvalue weighted by molar-refractivity contribution is 0.284. The summed E-state index contributed by atoms with van der Waals surface area (Å²) in [4.78, 5) is 0. The molecule has 5 nitrogen and oxygen atoms in total. The van der Waals surface area contributed by atoms with Crippen LogP contribution in [0.25, 0.3) is 0 Å². The highest BCUT2D eigenvalue weighted by Gasteiger charge is 2.24. The molecular weight excluding hydrogens is 295 g/mol. The highest BCUT2D eigenvalue weighted by Crippen LogP contribution is 2.32. The van der Waals surface area contributed by atoms with E-state index < -0.39 is 22.1 Å². The first-order valence-electron chi connectivity index (χ1n) is 6.98. The zero-order valence-electron chi connectivity index (χ0n) is 12.2. The summed E-state index contributed by atoms with van der Waals surface area (Å²) < 4.78 is 44.1. The van der Waals surface area contributed by atoms with Crippen molar-refractivity contribution in [2.45, 2.75) is 32.7 Å². The SMILES string of the molecule is CC(C)C(NS(N)(=O)=O)c1ccc(F)c(OCC2CC2)c1. The van der Waals surface area contributed by atoms with Crippen molar-refractivity contribution in [3.8, 4) is 5.75 Å². The van der Waals surface area contributed by atoms with E-state index in [1.807, 2.05) is 13.8 Å². The molecule has 118 valence electrons. The van der Waals surface area contributed by atoms with Crippen LogP contribution in [0.1, 0.15) is 38.3 Å². The van der Waals surface area contributed by atoms with Crippen molar-refractivity contribution in [3.63, 3.8) is 0 Å². The second kappa shape index (κ2) is 6.29. The van der Waals surface area contributed by atoms with Crippen LogP contribution in [-0.4, -0.2) is 15.0 Å². The number of hydrogen-bond donors (Lipinski definition) is 2. The molecule has 1 aliphatic rings. The topological polar surface area (TPSA) is 81.4 Å². The lowest BCUT2D eigenvalue weighted by Crippen LogP contribution is -2.36. The van der Waals surface area contributed by atoms with Gasteiger partial charge >= 0.3 is 0 Å². The van der Waals surface area contributed by atoms with Gasteiger partial charge in [-0.2, -0.15) is 13.1 Å². The third-order valence-electron chi connectivity index (χ3n) is 3.44. The molecule has 1 atom stereocenters. The Morgan fingerprint density at radius 3 is 2.62 bits per heavy atom. The van der Waals surface area contributed by atoms with Gasteiger partial charge in [-0.05, 0) is 42.4 Å². The Morgan fingerprint density at radius 2 is 2.10 bits per heavy atom. The molecule has 2 rings (SSSR count). The van der Waals surface area contributed by atoms with Gasteiger partial charge in [0.15, 0.2) is 11.6 Å². The van der Waals surface area contributed by atoms with Crippen LogP contribution in [0.5, 0.6) is 5.75 Å². The van der Waals surface area contributed by atoms with Gasteiger partial charge in [0.2, 0.25) is 0 Å². The molecule has 0 aromatic heterocycles. The highest BCUT2D eigenvalue weighted by atomic mass is 32.2. The van der Waals surface area contributed by atoms with E-state index in [4.69, 9.17) is 9.88 Å². The predicted octanol–water partition coefficient (Wildman–Crippen LogP) is 2.10. The van der Waals surface area contributed by atoms with Gasteiger partial charge in [0.25, 0.3) is 10.2 Å². The fraction of sp³-hybridized carbons (Fsp3) is 0.571. The Balaban J connectivity index is 2.20. The third-order valence-corrected chi connectivity index (χ3v) is 4.03. The van der Waals surface area contributed by atoms with Gasteiger partial charge in [0.05, 0.1) is 12.6 Å². The largest absolute Gasteiger partial charge is 0.490 e. The lowest BCUT2D eigenvalue weighted by atomic mass is 9.97. The molecule has 0 aliphatic heterocycles. The average Bonchev–Trinajstić information content (AvgIpc) is 3.18.